The van der Waals surface area contributed by atoms with E-state index in [-0.39, 0.29) is 6.54 Å². The van der Waals surface area contributed by atoms with Gasteiger partial charge in [0.15, 0.2) is 5.58 Å². The zero-order valence-corrected chi connectivity index (χ0v) is 15.6. The maximum absolute atomic E-state index is 12.9. The van der Waals surface area contributed by atoms with E-state index in [9.17, 15) is 9.18 Å². The standard InChI is InChI=1S/C21H14ClFN2O4/c22-18-9-13(7-14-8-17(29-20(14)18)11-25-21(26)27)12-1-3-15(4-2-12)28-16-5-6-19(23)24-10-16/h1-10,25H,11H2,(H,26,27). The Labute approximate surface area is 169 Å². The molecule has 1 amide bonds. The number of benzene rings is 2. The van der Waals surface area contributed by atoms with Gasteiger partial charge in [-0.05, 0) is 53.6 Å². The van der Waals surface area contributed by atoms with E-state index in [0.717, 1.165) is 16.5 Å². The molecule has 8 heteroatoms. The quantitative estimate of drug-likeness (QED) is 0.402. The molecule has 2 heterocycles. The van der Waals surface area contributed by atoms with Crippen LogP contribution in [0.3, 0.4) is 0 Å². The largest absolute Gasteiger partial charge is 0.465 e. The molecule has 0 aliphatic carbocycles. The van der Waals surface area contributed by atoms with Crippen LogP contribution in [0.15, 0.2) is 65.2 Å². The Kier molecular flexibility index (Phi) is 5.05. The molecule has 2 N–H and O–H groups in total. The molecule has 0 radical (unpaired) electrons. The number of hydrogen-bond donors (Lipinski definition) is 2. The van der Waals surface area contributed by atoms with Gasteiger partial charge in [-0.2, -0.15) is 4.39 Å². The summed E-state index contributed by atoms with van der Waals surface area (Å²) in [5.41, 5.74) is 2.28. The van der Waals surface area contributed by atoms with E-state index < -0.39 is 12.0 Å². The van der Waals surface area contributed by atoms with Crippen molar-refractivity contribution in [2.75, 3.05) is 0 Å². The number of fused-ring (bicyclic) bond motifs is 1. The third-order valence-electron chi connectivity index (χ3n) is 4.16. The van der Waals surface area contributed by atoms with Crippen LogP contribution in [-0.4, -0.2) is 16.2 Å². The predicted molar refractivity (Wildman–Crippen MR) is 106 cm³/mol. The highest BCUT2D eigenvalue weighted by atomic mass is 35.5. The molecule has 6 nitrogen and oxygen atoms in total. The summed E-state index contributed by atoms with van der Waals surface area (Å²) in [4.78, 5) is 14.2. The fourth-order valence-corrected chi connectivity index (χ4v) is 3.12. The lowest BCUT2D eigenvalue weighted by atomic mass is 10.0. The van der Waals surface area contributed by atoms with Crippen molar-refractivity contribution in [1.82, 2.24) is 10.3 Å². The number of hydrogen-bond acceptors (Lipinski definition) is 4. The van der Waals surface area contributed by atoms with Crippen LogP contribution in [0.2, 0.25) is 5.02 Å². The summed E-state index contributed by atoms with van der Waals surface area (Å²) in [6.07, 6.45) is 0.183. The van der Waals surface area contributed by atoms with Crippen LogP contribution >= 0.6 is 11.6 Å². The van der Waals surface area contributed by atoms with Gasteiger partial charge in [-0.15, -0.1) is 0 Å². The summed E-state index contributed by atoms with van der Waals surface area (Å²) in [5.74, 6) is 0.920. The van der Waals surface area contributed by atoms with Crippen molar-refractivity contribution in [1.29, 1.82) is 0 Å². The van der Waals surface area contributed by atoms with Gasteiger partial charge < -0.3 is 19.6 Å². The van der Waals surface area contributed by atoms with Gasteiger partial charge in [0, 0.05) is 5.39 Å². The van der Waals surface area contributed by atoms with Crippen molar-refractivity contribution in [2.24, 2.45) is 0 Å². The summed E-state index contributed by atoms with van der Waals surface area (Å²) < 4.78 is 24.1. The maximum Gasteiger partial charge on any atom is 0.405 e. The number of amides is 1. The molecule has 0 saturated carbocycles. The number of ether oxygens (including phenoxy) is 1. The van der Waals surface area contributed by atoms with Crippen LogP contribution in [0.25, 0.3) is 22.1 Å². The Morgan fingerprint density at radius 3 is 2.55 bits per heavy atom. The second-order valence-corrected chi connectivity index (χ2v) is 6.60. The van der Waals surface area contributed by atoms with Crippen molar-refractivity contribution >= 4 is 28.7 Å². The molecule has 0 aliphatic heterocycles. The number of pyridine rings is 1. The molecular formula is C21H14ClFN2O4. The van der Waals surface area contributed by atoms with Gasteiger partial charge in [0.2, 0.25) is 5.95 Å². The first kappa shape index (κ1) is 18.8. The highest BCUT2D eigenvalue weighted by Gasteiger charge is 2.11. The molecule has 146 valence electrons. The molecule has 4 aromatic rings. The zero-order chi connectivity index (χ0) is 20.4. The van der Waals surface area contributed by atoms with Crippen LogP contribution in [0, 0.1) is 5.95 Å². The fraction of sp³-hybridized carbons (Fsp3) is 0.0476. The molecular weight excluding hydrogens is 399 g/mol. The second-order valence-electron chi connectivity index (χ2n) is 6.19. The number of nitrogens with one attached hydrogen (secondary N) is 1. The Morgan fingerprint density at radius 2 is 1.86 bits per heavy atom. The smallest absolute Gasteiger partial charge is 0.405 e. The molecule has 0 saturated heterocycles. The van der Waals surface area contributed by atoms with Crippen molar-refractivity contribution in [2.45, 2.75) is 6.54 Å². The number of halogens is 2. The highest BCUT2D eigenvalue weighted by molar-refractivity contribution is 6.35. The molecule has 0 spiro atoms. The molecule has 0 unspecified atom stereocenters. The number of rotatable bonds is 5. The Balaban J connectivity index is 1.57. The lowest BCUT2D eigenvalue weighted by Crippen LogP contribution is -2.19. The Morgan fingerprint density at radius 1 is 1.10 bits per heavy atom. The van der Waals surface area contributed by atoms with E-state index in [1.54, 1.807) is 24.3 Å². The van der Waals surface area contributed by atoms with Crippen LogP contribution in [0.1, 0.15) is 5.76 Å². The van der Waals surface area contributed by atoms with E-state index in [1.807, 2.05) is 18.2 Å². The van der Waals surface area contributed by atoms with E-state index in [1.165, 1.54) is 18.3 Å². The average Bonchev–Trinajstić information content (AvgIpc) is 3.12. The molecule has 4 rings (SSSR count). The van der Waals surface area contributed by atoms with Gasteiger partial charge >= 0.3 is 6.09 Å². The molecule has 0 bridgehead atoms. The normalized spacial score (nSPS) is 10.8. The number of carbonyl (C=O) groups is 1. The first-order valence-corrected chi connectivity index (χ1v) is 8.94. The van der Waals surface area contributed by atoms with Crippen molar-refractivity contribution < 1.29 is 23.4 Å². The zero-order valence-electron chi connectivity index (χ0n) is 14.9. The topological polar surface area (TPSA) is 84.6 Å². The summed E-state index contributed by atoms with van der Waals surface area (Å²) in [6.45, 7) is 0.0555. The molecule has 0 fully saturated rings. The summed E-state index contributed by atoms with van der Waals surface area (Å²) in [6, 6.07) is 15.5. The van der Waals surface area contributed by atoms with Gasteiger partial charge in [0.05, 0.1) is 17.8 Å². The first-order chi connectivity index (χ1) is 14.0. The van der Waals surface area contributed by atoms with Crippen molar-refractivity contribution in [3.05, 3.63) is 77.5 Å². The fourth-order valence-electron chi connectivity index (χ4n) is 2.85. The third-order valence-corrected chi connectivity index (χ3v) is 4.44. The highest BCUT2D eigenvalue weighted by Crippen LogP contribution is 2.34. The summed E-state index contributed by atoms with van der Waals surface area (Å²) in [7, 11) is 0. The van der Waals surface area contributed by atoms with Crippen LogP contribution in [0.4, 0.5) is 9.18 Å². The third kappa shape index (κ3) is 4.30. The molecule has 0 aliphatic rings. The van der Waals surface area contributed by atoms with Gasteiger partial charge in [-0.3, -0.25) is 0 Å². The average molecular weight is 413 g/mol. The van der Waals surface area contributed by atoms with Gasteiger partial charge in [-0.1, -0.05) is 23.7 Å². The van der Waals surface area contributed by atoms with E-state index in [0.29, 0.717) is 27.9 Å². The number of furan rings is 1. The minimum Gasteiger partial charge on any atom is -0.465 e. The SMILES string of the molecule is O=C(O)NCc1cc2cc(-c3ccc(Oc4ccc(F)nc4)cc3)cc(Cl)c2o1. The van der Waals surface area contributed by atoms with Gasteiger partial charge in [0.25, 0.3) is 0 Å². The van der Waals surface area contributed by atoms with Crippen LogP contribution in [-0.2, 0) is 6.54 Å². The molecule has 2 aromatic carbocycles. The van der Waals surface area contributed by atoms with E-state index in [2.05, 4.69) is 10.3 Å². The summed E-state index contributed by atoms with van der Waals surface area (Å²) in [5, 5.41) is 12.2. The number of nitrogens with zero attached hydrogens (tertiary/aromatic N) is 1. The van der Waals surface area contributed by atoms with E-state index in [4.69, 9.17) is 25.9 Å². The monoisotopic (exact) mass is 412 g/mol. The second kappa shape index (κ2) is 7.81. The first-order valence-electron chi connectivity index (χ1n) is 8.56. The Hall–Kier alpha value is -3.58. The number of aromatic nitrogens is 1. The minimum absolute atomic E-state index is 0.0555. The van der Waals surface area contributed by atoms with Crippen LogP contribution in [0.5, 0.6) is 11.5 Å². The lowest BCUT2D eigenvalue weighted by Gasteiger charge is -2.07. The van der Waals surface area contributed by atoms with Gasteiger partial charge in [-0.25, -0.2) is 9.78 Å². The molecule has 29 heavy (non-hydrogen) atoms. The minimum atomic E-state index is -1.13. The summed E-state index contributed by atoms with van der Waals surface area (Å²) >= 11 is 6.35. The number of carboxylic acid groups (broad SMARTS) is 1. The van der Waals surface area contributed by atoms with Gasteiger partial charge in [0.1, 0.15) is 17.3 Å². The van der Waals surface area contributed by atoms with Crippen molar-refractivity contribution in [3.8, 4) is 22.6 Å². The predicted octanol–water partition coefficient (Wildman–Crippen LogP) is 5.85. The molecule has 2 aromatic heterocycles. The van der Waals surface area contributed by atoms with Crippen molar-refractivity contribution in [3.63, 3.8) is 0 Å². The lowest BCUT2D eigenvalue weighted by molar-refractivity contribution is 0.193. The Bertz CT molecular complexity index is 1170. The van der Waals surface area contributed by atoms with Crippen LogP contribution < -0.4 is 10.1 Å². The maximum atomic E-state index is 12.9. The molecule has 0 atom stereocenters. The van der Waals surface area contributed by atoms with E-state index >= 15 is 0 Å².